The molecule has 3 rings (SSSR count). The van der Waals surface area contributed by atoms with E-state index in [1.54, 1.807) is 4.31 Å². The first kappa shape index (κ1) is 20.2. The third-order valence-corrected chi connectivity index (χ3v) is 8.22. The summed E-state index contributed by atoms with van der Waals surface area (Å²) in [7, 11) is -3.18. The minimum absolute atomic E-state index is 0.107. The molecular weight excluding hydrogens is 370 g/mol. The maximum Gasteiger partial charge on any atom is 0.215 e. The molecule has 0 aromatic heterocycles. The van der Waals surface area contributed by atoms with E-state index in [0.29, 0.717) is 25.7 Å². The van der Waals surface area contributed by atoms with Gasteiger partial charge in [0.2, 0.25) is 10.0 Å². The predicted molar refractivity (Wildman–Crippen MR) is 109 cm³/mol. The molecule has 0 spiro atoms. The minimum atomic E-state index is -3.18. The zero-order chi connectivity index (χ0) is 18.4. The average molecular weight is 404 g/mol. The van der Waals surface area contributed by atoms with Crippen LogP contribution in [-0.4, -0.2) is 104 Å². The number of nitrogens with one attached hydrogen (secondary N) is 1. The van der Waals surface area contributed by atoms with Crippen molar-refractivity contribution >= 4 is 27.7 Å². The van der Waals surface area contributed by atoms with E-state index in [0.717, 1.165) is 37.1 Å². The molecule has 0 bridgehead atoms. The minimum Gasteiger partial charge on any atom is -0.357 e. The molecule has 0 radical (unpaired) electrons. The number of thioether (sulfide) groups is 1. The first-order valence-corrected chi connectivity index (χ1v) is 12.7. The monoisotopic (exact) mass is 403 g/mol. The Bertz CT molecular complexity index is 572. The van der Waals surface area contributed by atoms with Gasteiger partial charge in [0, 0.05) is 50.3 Å². The van der Waals surface area contributed by atoms with Gasteiger partial charge in [-0.3, -0.25) is 9.89 Å². The number of hydrogen-bond acceptors (Lipinski definition) is 5. The van der Waals surface area contributed by atoms with Crippen molar-refractivity contribution in [1.82, 2.24) is 19.4 Å². The van der Waals surface area contributed by atoms with Gasteiger partial charge in [0.05, 0.1) is 12.3 Å². The second-order valence-electron chi connectivity index (χ2n) is 7.19. The van der Waals surface area contributed by atoms with Crippen molar-refractivity contribution in [2.24, 2.45) is 4.99 Å². The van der Waals surface area contributed by atoms with Gasteiger partial charge < -0.3 is 10.2 Å². The van der Waals surface area contributed by atoms with E-state index in [-0.39, 0.29) is 5.75 Å². The van der Waals surface area contributed by atoms with Crippen LogP contribution < -0.4 is 5.32 Å². The van der Waals surface area contributed by atoms with Crippen LogP contribution >= 0.6 is 11.8 Å². The molecule has 1 unspecified atom stereocenters. The topological polar surface area (TPSA) is 68.2 Å². The summed E-state index contributed by atoms with van der Waals surface area (Å²) in [5.74, 6) is 2.78. The van der Waals surface area contributed by atoms with Crippen LogP contribution in [0.2, 0.25) is 0 Å². The summed E-state index contributed by atoms with van der Waals surface area (Å²) in [5.41, 5.74) is 0. The average Bonchev–Trinajstić information content (AvgIpc) is 3.33. The molecule has 7 nitrogen and oxygen atoms in total. The van der Waals surface area contributed by atoms with Crippen molar-refractivity contribution in [2.45, 2.75) is 32.2 Å². The van der Waals surface area contributed by atoms with Crippen LogP contribution in [0.4, 0.5) is 0 Å². The van der Waals surface area contributed by atoms with E-state index in [2.05, 4.69) is 27.0 Å². The van der Waals surface area contributed by atoms with Crippen molar-refractivity contribution in [2.75, 3.05) is 69.6 Å². The molecule has 0 aromatic carbocycles. The molecule has 0 amide bonds. The maximum atomic E-state index is 12.5. The predicted octanol–water partition coefficient (Wildman–Crippen LogP) is 0.501. The molecule has 3 saturated heterocycles. The number of rotatable bonds is 6. The fraction of sp³-hybridized carbons (Fsp3) is 0.941. The molecule has 3 heterocycles. The van der Waals surface area contributed by atoms with Crippen molar-refractivity contribution < 1.29 is 8.42 Å². The van der Waals surface area contributed by atoms with Crippen LogP contribution in [0.3, 0.4) is 0 Å². The Morgan fingerprint density at radius 3 is 2.58 bits per heavy atom. The van der Waals surface area contributed by atoms with Crippen LogP contribution in [-0.2, 0) is 10.0 Å². The second kappa shape index (κ2) is 9.61. The highest BCUT2D eigenvalue weighted by molar-refractivity contribution is 7.99. The Kier molecular flexibility index (Phi) is 7.48. The van der Waals surface area contributed by atoms with Gasteiger partial charge in [0.25, 0.3) is 0 Å². The highest BCUT2D eigenvalue weighted by atomic mass is 32.2. The highest BCUT2D eigenvalue weighted by Gasteiger charge is 2.31. The van der Waals surface area contributed by atoms with Crippen LogP contribution in [0, 0.1) is 0 Å². The van der Waals surface area contributed by atoms with Crippen molar-refractivity contribution in [1.29, 1.82) is 0 Å². The molecule has 3 fully saturated rings. The van der Waals surface area contributed by atoms with Gasteiger partial charge in [-0.05, 0) is 39.3 Å². The number of guanidine groups is 1. The summed E-state index contributed by atoms with van der Waals surface area (Å²) < 4.78 is 26.6. The van der Waals surface area contributed by atoms with Crippen molar-refractivity contribution in [3.63, 3.8) is 0 Å². The lowest BCUT2D eigenvalue weighted by Gasteiger charge is -2.26. The molecule has 9 heteroatoms. The zero-order valence-electron chi connectivity index (χ0n) is 15.9. The third kappa shape index (κ3) is 5.27. The van der Waals surface area contributed by atoms with Crippen LogP contribution in [0.1, 0.15) is 26.2 Å². The van der Waals surface area contributed by atoms with E-state index in [1.165, 1.54) is 32.4 Å². The Labute approximate surface area is 162 Å². The van der Waals surface area contributed by atoms with Crippen molar-refractivity contribution in [3.8, 4) is 0 Å². The largest absolute Gasteiger partial charge is 0.357 e. The molecule has 3 aliphatic heterocycles. The van der Waals surface area contributed by atoms with Crippen LogP contribution in [0.15, 0.2) is 4.99 Å². The second-order valence-corrected chi connectivity index (χ2v) is 10.5. The smallest absolute Gasteiger partial charge is 0.215 e. The Hall–Kier alpha value is -0.510. The molecule has 1 N–H and O–H groups in total. The summed E-state index contributed by atoms with van der Waals surface area (Å²) >= 11 is 1.82. The fourth-order valence-electron chi connectivity index (χ4n) is 3.99. The first-order valence-electron chi connectivity index (χ1n) is 9.93. The molecule has 3 aliphatic rings. The fourth-order valence-corrected chi connectivity index (χ4v) is 6.44. The lowest BCUT2D eigenvalue weighted by Crippen LogP contribution is -2.43. The van der Waals surface area contributed by atoms with Gasteiger partial charge in [-0.2, -0.15) is 11.8 Å². The number of sulfonamides is 1. The number of likely N-dealkylation sites (tertiary alicyclic amines) is 2. The normalized spacial score (nSPS) is 26.6. The van der Waals surface area contributed by atoms with Gasteiger partial charge in [0.1, 0.15) is 0 Å². The zero-order valence-corrected chi connectivity index (χ0v) is 17.5. The lowest BCUT2D eigenvalue weighted by molar-refractivity contribution is 0.249. The molecule has 26 heavy (non-hydrogen) atoms. The van der Waals surface area contributed by atoms with Gasteiger partial charge in [-0.25, -0.2) is 12.7 Å². The maximum absolute atomic E-state index is 12.5. The van der Waals surface area contributed by atoms with Gasteiger partial charge in [-0.1, -0.05) is 0 Å². The molecule has 0 saturated carbocycles. The summed E-state index contributed by atoms with van der Waals surface area (Å²) in [5, 5.41) is 3.35. The van der Waals surface area contributed by atoms with Gasteiger partial charge in [-0.15, -0.1) is 0 Å². The summed E-state index contributed by atoms with van der Waals surface area (Å²) in [6.45, 7) is 8.92. The number of nitrogens with zero attached hydrogens (tertiary/aromatic N) is 4. The van der Waals surface area contributed by atoms with E-state index < -0.39 is 10.0 Å². The quantitative estimate of drug-likeness (QED) is 0.515. The van der Waals surface area contributed by atoms with Gasteiger partial charge >= 0.3 is 0 Å². The SMILES string of the molecule is CCNC(=NCCS(=O)(=O)N1CCSCC1)N1CCC(N2CCCC2)C1. The number of hydrogen-bond donors (Lipinski definition) is 1. The van der Waals surface area contributed by atoms with Crippen LogP contribution in [0.5, 0.6) is 0 Å². The van der Waals surface area contributed by atoms with E-state index in [1.807, 2.05) is 11.8 Å². The lowest BCUT2D eigenvalue weighted by atomic mass is 10.2. The summed E-state index contributed by atoms with van der Waals surface area (Å²) in [4.78, 5) is 9.54. The van der Waals surface area contributed by atoms with Crippen molar-refractivity contribution in [3.05, 3.63) is 0 Å². The molecule has 0 aliphatic carbocycles. The summed E-state index contributed by atoms with van der Waals surface area (Å²) in [6, 6.07) is 0.621. The Morgan fingerprint density at radius 2 is 1.88 bits per heavy atom. The Balaban J connectivity index is 1.53. The highest BCUT2D eigenvalue weighted by Crippen LogP contribution is 2.20. The first-order chi connectivity index (χ1) is 12.6. The van der Waals surface area contributed by atoms with E-state index >= 15 is 0 Å². The molecule has 1 atom stereocenters. The molecular formula is C17H33N5O2S2. The third-order valence-electron chi connectivity index (χ3n) is 5.43. The van der Waals surface area contributed by atoms with Crippen LogP contribution in [0.25, 0.3) is 0 Å². The molecule has 150 valence electrons. The Morgan fingerprint density at radius 1 is 1.15 bits per heavy atom. The number of aliphatic imine (C=N–C) groups is 1. The standard InChI is InChI=1S/C17H33N5O2S2/c1-2-18-17(21-9-5-16(15-21)20-7-3-4-8-20)19-6-14-26(23,24)22-10-12-25-13-11-22/h16H,2-15H2,1H3,(H,18,19). The van der Waals surface area contributed by atoms with Gasteiger partial charge in [0.15, 0.2) is 5.96 Å². The molecule has 0 aromatic rings. The van der Waals surface area contributed by atoms with E-state index in [9.17, 15) is 8.42 Å². The summed E-state index contributed by atoms with van der Waals surface area (Å²) in [6.07, 6.45) is 3.81. The van der Waals surface area contributed by atoms with E-state index in [4.69, 9.17) is 0 Å².